The standard InChI is InChI=1S/C15H15FN2O2/c1-18(13-6-8-14(19)9-7-13)15(20)17-10-11-2-4-12(16)5-3-11/h2-9,19H,10H2,1H3,(H,17,20). The summed E-state index contributed by atoms with van der Waals surface area (Å²) in [6.07, 6.45) is 0. The summed E-state index contributed by atoms with van der Waals surface area (Å²) in [4.78, 5) is 13.4. The zero-order valence-corrected chi connectivity index (χ0v) is 11.0. The Bertz CT molecular complexity index is 582. The molecule has 0 unspecified atom stereocenters. The first-order chi connectivity index (χ1) is 9.56. The molecule has 0 fully saturated rings. The SMILES string of the molecule is CN(C(=O)NCc1ccc(F)cc1)c1ccc(O)cc1. The molecule has 0 aliphatic rings. The molecule has 2 rings (SSSR count). The smallest absolute Gasteiger partial charge is 0.321 e. The summed E-state index contributed by atoms with van der Waals surface area (Å²) in [5.74, 6) is -0.157. The van der Waals surface area contributed by atoms with Crippen molar-refractivity contribution in [3.05, 3.63) is 59.9 Å². The molecule has 4 nitrogen and oxygen atoms in total. The lowest BCUT2D eigenvalue weighted by Gasteiger charge is -2.18. The van der Waals surface area contributed by atoms with Crippen molar-refractivity contribution in [3.8, 4) is 5.75 Å². The van der Waals surface area contributed by atoms with Gasteiger partial charge in [-0.2, -0.15) is 0 Å². The van der Waals surface area contributed by atoms with Crippen molar-refractivity contribution in [3.63, 3.8) is 0 Å². The van der Waals surface area contributed by atoms with Gasteiger partial charge in [-0.25, -0.2) is 9.18 Å². The van der Waals surface area contributed by atoms with Gasteiger partial charge < -0.3 is 10.4 Å². The van der Waals surface area contributed by atoms with Crippen LogP contribution in [0.3, 0.4) is 0 Å². The number of phenols is 1. The number of aromatic hydroxyl groups is 1. The van der Waals surface area contributed by atoms with Crippen molar-refractivity contribution in [1.82, 2.24) is 5.32 Å². The molecule has 0 heterocycles. The predicted molar refractivity (Wildman–Crippen MR) is 75.1 cm³/mol. The third-order valence-electron chi connectivity index (χ3n) is 2.90. The largest absolute Gasteiger partial charge is 0.508 e. The van der Waals surface area contributed by atoms with E-state index in [-0.39, 0.29) is 17.6 Å². The predicted octanol–water partition coefficient (Wildman–Crippen LogP) is 2.88. The van der Waals surface area contributed by atoms with Crippen molar-refractivity contribution in [2.45, 2.75) is 6.54 Å². The van der Waals surface area contributed by atoms with Crippen LogP contribution < -0.4 is 10.2 Å². The second-order valence-electron chi connectivity index (χ2n) is 4.36. The van der Waals surface area contributed by atoms with E-state index in [1.807, 2.05) is 0 Å². The zero-order valence-electron chi connectivity index (χ0n) is 11.0. The number of benzene rings is 2. The van der Waals surface area contributed by atoms with Crippen LogP contribution in [0.5, 0.6) is 5.75 Å². The average molecular weight is 274 g/mol. The summed E-state index contributed by atoms with van der Waals surface area (Å²) in [7, 11) is 1.63. The minimum Gasteiger partial charge on any atom is -0.508 e. The van der Waals surface area contributed by atoms with Crippen molar-refractivity contribution in [1.29, 1.82) is 0 Å². The zero-order chi connectivity index (χ0) is 14.5. The summed E-state index contributed by atoms with van der Waals surface area (Å²) >= 11 is 0. The molecule has 0 saturated heterocycles. The molecule has 0 aliphatic carbocycles. The van der Waals surface area contributed by atoms with E-state index in [1.54, 1.807) is 31.3 Å². The maximum Gasteiger partial charge on any atom is 0.321 e. The molecule has 0 bridgehead atoms. The fourth-order valence-electron chi connectivity index (χ4n) is 1.69. The van der Waals surface area contributed by atoms with Crippen LogP contribution in [0.15, 0.2) is 48.5 Å². The van der Waals surface area contributed by atoms with Crippen LogP contribution in [0.1, 0.15) is 5.56 Å². The number of nitrogens with one attached hydrogen (secondary N) is 1. The normalized spacial score (nSPS) is 10.1. The number of urea groups is 1. The average Bonchev–Trinajstić information content (AvgIpc) is 2.46. The Morgan fingerprint density at radius 2 is 1.75 bits per heavy atom. The number of nitrogens with zero attached hydrogens (tertiary/aromatic N) is 1. The molecule has 104 valence electrons. The molecular weight excluding hydrogens is 259 g/mol. The number of hydrogen-bond donors (Lipinski definition) is 2. The van der Waals surface area contributed by atoms with Crippen LogP contribution in [0.4, 0.5) is 14.9 Å². The highest BCUT2D eigenvalue weighted by Crippen LogP contribution is 2.17. The highest BCUT2D eigenvalue weighted by Gasteiger charge is 2.10. The van der Waals surface area contributed by atoms with Gasteiger partial charge in [0.1, 0.15) is 11.6 Å². The minimum atomic E-state index is -0.304. The lowest BCUT2D eigenvalue weighted by molar-refractivity contribution is 0.247. The van der Waals surface area contributed by atoms with Gasteiger partial charge in [-0.3, -0.25) is 4.90 Å². The number of anilines is 1. The van der Waals surface area contributed by atoms with Crippen molar-refractivity contribution in [2.24, 2.45) is 0 Å². The molecule has 0 radical (unpaired) electrons. The quantitative estimate of drug-likeness (QED) is 0.904. The summed E-state index contributed by atoms with van der Waals surface area (Å²) in [6.45, 7) is 0.321. The maximum atomic E-state index is 12.8. The van der Waals surface area contributed by atoms with Gasteiger partial charge in [0.2, 0.25) is 0 Å². The van der Waals surface area contributed by atoms with E-state index in [0.717, 1.165) is 5.56 Å². The summed E-state index contributed by atoms with van der Waals surface area (Å²) in [5, 5.41) is 11.9. The van der Waals surface area contributed by atoms with Crippen LogP contribution in [-0.2, 0) is 6.54 Å². The molecule has 0 atom stereocenters. The van der Waals surface area contributed by atoms with Gasteiger partial charge in [-0.15, -0.1) is 0 Å². The highest BCUT2D eigenvalue weighted by atomic mass is 19.1. The third-order valence-corrected chi connectivity index (χ3v) is 2.90. The molecule has 0 spiro atoms. The third kappa shape index (κ3) is 3.47. The van der Waals surface area contributed by atoms with Crippen LogP contribution in [-0.4, -0.2) is 18.2 Å². The Morgan fingerprint density at radius 1 is 1.15 bits per heavy atom. The van der Waals surface area contributed by atoms with Crippen LogP contribution in [0, 0.1) is 5.82 Å². The number of halogens is 1. The summed E-state index contributed by atoms with van der Waals surface area (Å²) < 4.78 is 12.8. The molecule has 0 saturated carbocycles. The Kier molecular flexibility index (Phi) is 4.20. The number of carbonyl (C=O) groups is 1. The first kappa shape index (κ1) is 13.9. The van der Waals surface area contributed by atoms with Gasteiger partial charge in [0.15, 0.2) is 0 Å². The number of rotatable bonds is 3. The molecule has 2 N–H and O–H groups in total. The fraction of sp³-hybridized carbons (Fsp3) is 0.133. The minimum absolute atomic E-state index is 0.147. The van der Waals surface area contributed by atoms with E-state index in [4.69, 9.17) is 0 Å². The molecule has 2 aromatic rings. The lowest BCUT2D eigenvalue weighted by atomic mass is 10.2. The topological polar surface area (TPSA) is 52.6 Å². The van der Waals surface area contributed by atoms with Crippen molar-refractivity contribution >= 4 is 11.7 Å². The molecule has 0 aromatic heterocycles. The van der Waals surface area contributed by atoms with Gasteiger partial charge in [-0.05, 0) is 42.0 Å². The second kappa shape index (κ2) is 6.06. The molecule has 2 aromatic carbocycles. The Balaban J connectivity index is 1.94. The summed E-state index contributed by atoms with van der Waals surface area (Å²) in [6, 6.07) is 12.0. The van der Waals surface area contributed by atoms with Crippen LogP contribution in [0.25, 0.3) is 0 Å². The first-order valence-electron chi connectivity index (χ1n) is 6.11. The van der Waals surface area contributed by atoms with Crippen molar-refractivity contribution in [2.75, 3.05) is 11.9 Å². The number of hydrogen-bond acceptors (Lipinski definition) is 2. The van der Waals surface area contributed by atoms with E-state index in [9.17, 15) is 14.3 Å². The van der Waals surface area contributed by atoms with E-state index in [2.05, 4.69) is 5.32 Å². The lowest BCUT2D eigenvalue weighted by Crippen LogP contribution is -2.36. The Morgan fingerprint density at radius 3 is 2.35 bits per heavy atom. The van der Waals surface area contributed by atoms with E-state index >= 15 is 0 Å². The molecule has 0 aliphatic heterocycles. The second-order valence-corrected chi connectivity index (χ2v) is 4.36. The van der Waals surface area contributed by atoms with Gasteiger partial charge in [0.05, 0.1) is 0 Å². The maximum absolute atomic E-state index is 12.8. The van der Waals surface area contributed by atoms with Crippen molar-refractivity contribution < 1.29 is 14.3 Å². The van der Waals surface area contributed by atoms with E-state index in [0.29, 0.717) is 12.2 Å². The van der Waals surface area contributed by atoms with Gasteiger partial charge in [0.25, 0.3) is 0 Å². The van der Waals surface area contributed by atoms with Gasteiger partial charge in [-0.1, -0.05) is 12.1 Å². The van der Waals surface area contributed by atoms with Crippen LogP contribution in [0.2, 0.25) is 0 Å². The molecule has 20 heavy (non-hydrogen) atoms. The number of carbonyl (C=O) groups excluding carboxylic acids is 1. The number of phenolic OH excluding ortho intramolecular Hbond substituents is 1. The first-order valence-corrected chi connectivity index (χ1v) is 6.11. The Hall–Kier alpha value is -2.56. The number of amides is 2. The van der Waals surface area contributed by atoms with Crippen LogP contribution >= 0.6 is 0 Å². The monoisotopic (exact) mass is 274 g/mol. The Labute approximate surface area is 116 Å². The molecule has 5 heteroatoms. The van der Waals surface area contributed by atoms with Gasteiger partial charge in [0, 0.05) is 19.3 Å². The van der Waals surface area contributed by atoms with Gasteiger partial charge >= 0.3 is 6.03 Å². The molecular formula is C15H15FN2O2. The molecule has 2 amide bonds. The fourth-order valence-corrected chi connectivity index (χ4v) is 1.69. The van der Waals surface area contributed by atoms with E-state index < -0.39 is 0 Å². The van der Waals surface area contributed by atoms with E-state index in [1.165, 1.54) is 29.2 Å². The summed E-state index contributed by atoms with van der Waals surface area (Å²) in [5.41, 5.74) is 1.48. The highest BCUT2D eigenvalue weighted by molar-refractivity contribution is 5.91.